The van der Waals surface area contributed by atoms with Crippen LogP contribution in [0.5, 0.6) is 0 Å². The molecule has 1 saturated carbocycles. The predicted octanol–water partition coefficient (Wildman–Crippen LogP) is 4.91. The van der Waals surface area contributed by atoms with E-state index in [-0.39, 0.29) is 5.82 Å². The molecule has 3 atom stereocenters. The van der Waals surface area contributed by atoms with Gasteiger partial charge in [-0.05, 0) is 43.2 Å². The average molecular weight is 295 g/mol. The molecule has 0 spiro atoms. The number of fused-ring (bicyclic) bond motifs is 1. The first-order valence-corrected chi connectivity index (χ1v) is 7.86. The van der Waals surface area contributed by atoms with Gasteiger partial charge < -0.3 is 4.57 Å². The van der Waals surface area contributed by atoms with Crippen molar-refractivity contribution in [1.29, 1.82) is 0 Å². The minimum Gasteiger partial charge on any atom is -0.324 e. The lowest BCUT2D eigenvalue weighted by Gasteiger charge is -2.33. The van der Waals surface area contributed by atoms with Crippen LogP contribution in [0.4, 0.5) is 4.39 Å². The number of halogens is 2. The van der Waals surface area contributed by atoms with Gasteiger partial charge >= 0.3 is 0 Å². The Balaban J connectivity index is 2.08. The SMILES string of the molecule is CC1CCC(n2c(CCl)nc3c(F)cccc32)CC1C. The average Bonchev–Trinajstić information content (AvgIpc) is 2.82. The Labute approximate surface area is 123 Å². The summed E-state index contributed by atoms with van der Waals surface area (Å²) in [6, 6.07) is 5.55. The molecule has 2 nitrogen and oxygen atoms in total. The number of benzene rings is 1. The van der Waals surface area contributed by atoms with E-state index < -0.39 is 0 Å². The number of para-hydroxylation sites is 1. The molecule has 1 aromatic carbocycles. The van der Waals surface area contributed by atoms with Crippen LogP contribution in [-0.4, -0.2) is 9.55 Å². The van der Waals surface area contributed by atoms with E-state index in [4.69, 9.17) is 11.6 Å². The predicted molar refractivity (Wildman–Crippen MR) is 80.5 cm³/mol. The summed E-state index contributed by atoms with van der Waals surface area (Å²) in [6.45, 7) is 4.62. The molecule has 1 fully saturated rings. The number of rotatable bonds is 2. The van der Waals surface area contributed by atoms with Crippen LogP contribution in [0.1, 0.15) is 45.0 Å². The van der Waals surface area contributed by atoms with Crippen molar-refractivity contribution in [1.82, 2.24) is 9.55 Å². The summed E-state index contributed by atoms with van der Waals surface area (Å²) in [7, 11) is 0. The van der Waals surface area contributed by atoms with Crippen LogP contribution in [0, 0.1) is 17.7 Å². The number of aromatic nitrogens is 2. The first-order chi connectivity index (χ1) is 9.61. The number of nitrogens with zero attached hydrogens (tertiary/aromatic N) is 2. The van der Waals surface area contributed by atoms with Gasteiger partial charge in [-0.3, -0.25) is 0 Å². The van der Waals surface area contributed by atoms with E-state index in [1.165, 1.54) is 12.5 Å². The fraction of sp³-hybridized carbons (Fsp3) is 0.562. The van der Waals surface area contributed by atoms with Crippen molar-refractivity contribution in [3.8, 4) is 0 Å². The van der Waals surface area contributed by atoms with Crippen LogP contribution in [0.2, 0.25) is 0 Å². The summed E-state index contributed by atoms with van der Waals surface area (Å²) in [4.78, 5) is 4.41. The van der Waals surface area contributed by atoms with Crippen molar-refractivity contribution < 1.29 is 4.39 Å². The molecule has 0 N–H and O–H groups in total. The fourth-order valence-corrected chi connectivity index (χ4v) is 3.57. The molecule has 0 radical (unpaired) electrons. The van der Waals surface area contributed by atoms with Crippen LogP contribution in [0.3, 0.4) is 0 Å². The molecule has 2 aromatic rings. The van der Waals surface area contributed by atoms with E-state index in [9.17, 15) is 4.39 Å². The molecule has 4 heteroatoms. The molecular formula is C16H20ClFN2. The summed E-state index contributed by atoms with van der Waals surface area (Å²) in [5.74, 6) is 2.30. The monoisotopic (exact) mass is 294 g/mol. The third-order valence-electron chi connectivity index (χ3n) is 4.80. The van der Waals surface area contributed by atoms with Crippen molar-refractivity contribution in [2.45, 2.75) is 45.0 Å². The number of imidazole rings is 1. The second-order valence-corrected chi connectivity index (χ2v) is 6.33. The highest BCUT2D eigenvalue weighted by Crippen LogP contribution is 2.38. The molecule has 0 saturated heterocycles. The van der Waals surface area contributed by atoms with Crippen LogP contribution in [0.15, 0.2) is 18.2 Å². The summed E-state index contributed by atoms with van der Waals surface area (Å²) in [5.41, 5.74) is 1.34. The van der Waals surface area contributed by atoms with E-state index >= 15 is 0 Å². The zero-order valence-electron chi connectivity index (χ0n) is 11.9. The standard InChI is InChI=1S/C16H20ClFN2/c1-10-6-7-12(8-11(10)2)20-14-5-3-4-13(18)16(14)19-15(20)9-17/h3-5,10-12H,6-9H2,1-2H3. The van der Waals surface area contributed by atoms with Gasteiger partial charge in [-0.25, -0.2) is 9.37 Å². The topological polar surface area (TPSA) is 17.8 Å². The molecule has 1 aliphatic carbocycles. The molecule has 1 heterocycles. The summed E-state index contributed by atoms with van der Waals surface area (Å²) < 4.78 is 16.1. The molecule has 0 aliphatic heterocycles. The molecule has 1 aliphatic rings. The lowest BCUT2D eigenvalue weighted by atomic mass is 9.79. The molecule has 20 heavy (non-hydrogen) atoms. The maximum absolute atomic E-state index is 13.9. The van der Waals surface area contributed by atoms with Gasteiger partial charge in [-0.1, -0.05) is 19.9 Å². The zero-order chi connectivity index (χ0) is 14.3. The third kappa shape index (κ3) is 2.22. The zero-order valence-corrected chi connectivity index (χ0v) is 12.7. The smallest absolute Gasteiger partial charge is 0.151 e. The summed E-state index contributed by atoms with van der Waals surface area (Å²) >= 11 is 6.03. The van der Waals surface area contributed by atoms with Crippen LogP contribution < -0.4 is 0 Å². The number of hydrogen-bond donors (Lipinski definition) is 0. The fourth-order valence-electron chi connectivity index (χ4n) is 3.39. The van der Waals surface area contributed by atoms with Gasteiger partial charge in [0.15, 0.2) is 5.82 Å². The molecule has 0 bridgehead atoms. The van der Waals surface area contributed by atoms with Gasteiger partial charge in [-0.2, -0.15) is 0 Å². The van der Waals surface area contributed by atoms with Gasteiger partial charge in [0.05, 0.1) is 11.4 Å². The molecule has 108 valence electrons. The summed E-state index contributed by atoms with van der Waals surface area (Å²) in [5, 5.41) is 0. The Bertz CT molecular complexity index is 622. The van der Waals surface area contributed by atoms with Crippen molar-refractivity contribution in [3.05, 3.63) is 29.8 Å². The Hall–Kier alpha value is -1.09. The van der Waals surface area contributed by atoms with Gasteiger partial charge in [-0.15, -0.1) is 11.6 Å². The van der Waals surface area contributed by atoms with Crippen LogP contribution in [-0.2, 0) is 5.88 Å². The highest BCUT2D eigenvalue weighted by Gasteiger charge is 2.28. The quantitative estimate of drug-likeness (QED) is 0.720. The Morgan fingerprint density at radius 1 is 1.30 bits per heavy atom. The van der Waals surface area contributed by atoms with Gasteiger partial charge in [0, 0.05) is 6.04 Å². The maximum Gasteiger partial charge on any atom is 0.151 e. The Morgan fingerprint density at radius 3 is 2.80 bits per heavy atom. The third-order valence-corrected chi connectivity index (χ3v) is 5.04. The molecule has 3 unspecified atom stereocenters. The van der Waals surface area contributed by atoms with Gasteiger partial charge in [0.2, 0.25) is 0 Å². The maximum atomic E-state index is 13.9. The van der Waals surface area contributed by atoms with E-state index in [1.807, 2.05) is 6.07 Å². The Kier molecular flexibility index (Phi) is 3.72. The van der Waals surface area contributed by atoms with Crippen LogP contribution >= 0.6 is 11.6 Å². The van der Waals surface area contributed by atoms with Crippen molar-refractivity contribution in [3.63, 3.8) is 0 Å². The highest BCUT2D eigenvalue weighted by molar-refractivity contribution is 6.16. The van der Waals surface area contributed by atoms with Gasteiger partial charge in [0.25, 0.3) is 0 Å². The van der Waals surface area contributed by atoms with Crippen LogP contribution in [0.25, 0.3) is 11.0 Å². The number of alkyl halides is 1. The van der Waals surface area contributed by atoms with Crippen molar-refractivity contribution in [2.24, 2.45) is 11.8 Å². The van der Waals surface area contributed by atoms with Gasteiger partial charge in [0.1, 0.15) is 11.3 Å². The molecule has 3 rings (SSSR count). The first kappa shape index (κ1) is 13.9. The van der Waals surface area contributed by atoms with E-state index in [0.717, 1.165) is 30.1 Å². The normalized spacial score (nSPS) is 27.1. The first-order valence-electron chi connectivity index (χ1n) is 7.33. The summed E-state index contributed by atoms with van der Waals surface area (Å²) in [6.07, 6.45) is 3.45. The minimum absolute atomic E-state index is 0.259. The van der Waals surface area contributed by atoms with Crippen molar-refractivity contribution in [2.75, 3.05) is 0 Å². The minimum atomic E-state index is -0.259. The lowest BCUT2D eigenvalue weighted by molar-refractivity contribution is 0.211. The highest BCUT2D eigenvalue weighted by atomic mass is 35.5. The molecule has 0 amide bonds. The second-order valence-electron chi connectivity index (χ2n) is 6.06. The second kappa shape index (κ2) is 5.36. The Morgan fingerprint density at radius 2 is 2.10 bits per heavy atom. The van der Waals surface area contributed by atoms with E-state index in [0.29, 0.717) is 23.4 Å². The molecule has 1 aromatic heterocycles. The van der Waals surface area contributed by atoms with E-state index in [1.54, 1.807) is 6.07 Å². The lowest BCUT2D eigenvalue weighted by Crippen LogP contribution is -2.24. The van der Waals surface area contributed by atoms with Crippen molar-refractivity contribution >= 4 is 22.6 Å². The largest absolute Gasteiger partial charge is 0.324 e. The molecular weight excluding hydrogens is 275 g/mol. The number of hydrogen-bond acceptors (Lipinski definition) is 1. The van der Waals surface area contributed by atoms with E-state index in [2.05, 4.69) is 23.4 Å².